The predicted octanol–water partition coefficient (Wildman–Crippen LogP) is 5.97. The van der Waals surface area contributed by atoms with Crippen LogP contribution < -0.4 is 30.5 Å². The quantitative estimate of drug-likeness (QED) is 0.184. The number of methoxy groups -OCH3 is 2. The van der Waals surface area contributed by atoms with Crippen molar-refractivity contribution >= 4 is 34.3 Å². The van der Waals surface area contributed by atoms with Crippen LogP contribution in [0.3, 0.4) is 0 Å². The number of hydrogen-bond donors (Lipinski definition) is 2. The van der Waals surface area contributed by atoms with Crippen LogP contribution in [-0.4, -0.2) is 26.2 Å². The molecular formula is C29H28N2O7. The topological polar surface area (TPSA) is 116 Å². The van der Waals surface area contributed by atoms with Crippen molar-refractivity contribution in [3.63, 3.8) is 0 Å². The molecule has 0 aliphatic carbocycles. The second-order valence-corrected chi connectivity index (χ2v) is 8.77. The predicted molar refractivity (Wildman–Crippen MR) is 146 cm³/mol. The number of rotatable bonds is 6. The standard InChI is InChI=1S/C29H28N2O7/c1-15-9-7-8-10-20(15)25-21-11-16(2)17(3)12-22(21)38-28(33)26(25)31-29(34)30-19-13-23(35-5)27(37-18(4)32)24(14-19)36-6/h7-14H,1-6H3,(H2,30,31,34). The van der Waals surface area contributed by atoms with Gasteiger partial charge in [-0.3, -0.25) is 4.79 Å². The highest BCUT2D eigenvalue weighted by Gasteiger charge is 2.22. The van der Waals surface area contributed by atoms with Gasteiger partial charge in [-0.15, -0.1) is 0 Å². The number of ether oxygens (including phenoxy) is 3. The summed E-state index contributed by atoms with van der Waals surface area (Å²) >= 11 is 0. The van der Waals surface area contributed by atoms with Gasteiger partial charge in [0.1, 0.15) is 11.3 Å². The summed E-state index contributed by atoms with van der Waals surface area (Å²) in [4.78, 5) is 37.8. The van der Waals surface area contributed by atoms with E-state index in [9.17, 15) is 14.4 Å². The molecule has 4 rings (SSSR count). The Labute approximate surface area is 219 Å². The van der Waals surface area contributed by atoms with E-state index in [1.165, 1.54) is 33.3 Å². The normalized spacial score (nSPS) is 10.7. The number of benzene rings is 3. The second kappa shape index (κ2) is 10.7. The van der Waals surface area contributed by atoms with Crippen LogP contribution in [0.4, 0.5) is 16.2 Å². The number of fused-ring (bicyclic) bond motifs is 1. The van der Waals surface area contributed by atoms with Crippen molar-refractivity contribution in [1.29, 1.82) is 0 Å². The maximum Gasteiger partial charge on any atom is 0.360 e. The number of amides is 2. The minimum Gasteiger partial charge on any atom is -0.493 e. The Morgan fingerprint density at radius 1 is 0.842 bits per heavy atom. The SMILES string of the molecule is COc1cc(NC(=O)Nc2c(-c3ccccc3C)c3cc(C)c(C)cc3oc2=O)cc(OC)c1OC(C)=O. The van der Waals surface area contributed by atoms with Gasteiger partial charge in [0.25, 0.3) is 0 Å². The summed E-state index contributed by atoms with van der Waals surface area (Å²) in [5.41, 5.74) is 4.30. The number of urea groups is 1. The van der Waals surface area contributed by atoms with E-state index < -0.39 is 17.6 Å². The molecule has 196 valence electrons. The summed E-state index contributed by atoms with van der Waals surface area (Å²) in [7, 11) is 2.79. The van der Waals surface area contributed by atoms with Crippen molar-refractivity contribution in [1.82, 2.24) is 0 Å². The molecule has 1 aromatic heterocycles. The van der Waals surface area contributed by atoms with Crippen molar-refractivity contribution in [2.45, 2.75) is 27.7 Å². The molecule has 0 bridgehead atoms. The number of aryl methyl sites for hydroxylation is 3. The molecule has 0 aliphatic heterocycles. The Bertz CT molecular complexity index is 1600. The first-order chi connectivity index (χ1) is 18.1. The van der Waals surface area contributed by atoms with Crippen LogP contribution in [-0.2, 0) is 4.79 Å². The number of esters is 1. The van der Waals surface area contributed by atoms with Crippen molar-refractivity contribution in [3.05, 3.63) is 75.6 Å². The summed E-state index contributed by atoms with van der Waals surface area (Å²) in [6.07, 6.45) is 0. The van der Waals surface area contributed by atoms with Crippen molar-refractivity contribution < 1.29 is 28.2 Å². The Hall–Kier alpha value is -4.79. The summed E-state index contributed by atoms with van der Waals surface area (Å²) in [5.74, 6) is -0.133. The number of nitrogens with one attached hydrogen (secondary N) is 2. The number of hydrogen-bond acceptors (Lipinski definition) is 7. The average molecular weight is 517 g/mol. The molecule has 0 saturated heterocycles. The van der Waals surface area contributed by atoms with Crippen molar-refractivity contribution in [3.8, 4) is 28.4 Å². The summed E-state index contributed by atoms with van der Waals surface area (Å²) < 4.78 is 21.4. The van der Waals surface area contributed by atoms with Crippen LogP contribution >= 0.6 is 0 Å². The Kier molecular flexibility index (Phi) is 7.38. The Morgan fingerprint density at radius 2 is 1.47 bits per heavy atom. The van der Waals surface area contributed by atoms with Crippen molar-refractivity contribution in [2.75, 3.05) is 24.9 Å². The molecule has 1 heterocycles. The van der Waals surface area contributed by atoms with Gasteiger partial charge < -0.3 is 29.3 Å². The minimum absolute atomic E-state index is 0.00279. The fourth-order valence-corrected chi connectivity index (χ4v) is 4.18. The molecule has 9 heteroatoms. The van der Waals surface area contributed by atoms with Crippen molar-refractivity contribution in [2.24, 2.45) is 0 Å². The molecule has 2 amide bonds. The number of carbonyl (C=O) groups is 2. The maximum atomic E-state index is 13.2. The second-order valence-electron chi connectivity index (χ2n) is 8.77. The smallest absolute Gasteiger partial charge is 0.360 e. The van der Waals surface area contributed by atoms with E-state index in [0.29, 0.717) is 16.5 Å². The molecule has 4 aromatic rings. The van der Waals surface area contributed by atoms with Gasteiger partial charge in [-0.2, -0.15) is 0 Å². The van der Waals surface area contributed by atoms with Gasteiger partial charge in [-0.25, -0.2) is 9.59 Å². The van der Waals surface area contributed by atoms with Gasteiger partial charge in [-0.05, 0) is 55.2 Å². The highest BCUT2D eigenvalue weighted by Crippen LogP contribution is 2.41. The largest absolute Gasteiger partial charge is 0.493 e. The molecule has 38 heavy (non-hydrogen) atoms. The molecular weight excluding hydrogens is 488 g/mol. The van der Waals surface area contributed by atoms with E-state index in [2.05, 4.69) is 10.6 Å². The zero-order valence-corrected chi connectivity index (χ0v) is 22.0. The van der Waals surface area contributed by atoms with Crippen LogP contribution in [0.25, 0.3) is 22.1 Å². The zero-order chi connectivity index (χ0) is 27.6. The molecule has 9 nitrogen and oxygen atoms in total. The van der Waals surface area contributed by atoms with E-state index in [1.807, 2.05) is 57.2 Å². The molecule has 0 spiro atoms. The summed E-state index contributed by atoms with van der Waals surface area (Å²) in [6.45, 7) is 7.10. The lowest BCUT2D eigenvalue weighted by molar-refractivity contribution is -0.132. The molecule has 0 atom stereocenters. The first-order valence-corrected chi connectivity index (χ1v) is 11.8. The average Bonchev–Trinajstić information content (AvgIpc) is 2.86. The van der Waals surface area contributed by atoms with E-state index in [1.54, 1.807) is 0 Å². The molecule has 0 fully saturated rings. The van der Waals surface area contributed by atoms with Gasteiger partial charge in [0, 0.05) is 30.0 Å². The van der Waals surface area contributed by atoms with Crippen LogP contribution in [0.5, 0.6) is 17.2 Å². The molecule has 3 aromatic carbocycles. The van der Waals surface area contributed by atoms with Crippen LogP contribution in [0.1, 0.15) is 23.6 Å². The third-order valence-electron chi connectivity index (χ3n) is 6.14. The van der Waals surface area contributed by atoms with E-state index in [0.717, 1.165) is 22.3 Å². The highest BCUT2D eigenvalue weighted by atomic mass is 16.6. The third-order valence-corrected chi connectivity index (χ3v) is 6.14. The molecule has 0 unspecified atom stereocenters. The third kappa shape index (κ3) is 5.17. The van der Waals surface area contributed by atoms with Gasteiger partial charge in [-0.1, -0.05) is 24.3 Å². The number of anilines is 2. The molecule has 2 N–H and O–H groups in total. The summed E-state index contributed by atoms with van der Waals surface area (Å²) in [5, 5.41) is 6.06. The Morgan fingerprint density at radius 3 is 2.08 bits per heavy atom. The lowest BCUT2D eigenvalue weighted by Gasteiger charge is -2.17. The van der Waals surface area contributed by atoms with Crippen LogP contribution in [0, 0.1) is 20.8 Å². The van der Waals surface area contributed by atoms with Gasteiger partial charge in [0.05, 0.1) is 19.9 Å². The lowest BCUT2D eigenvalue weighted by atomic mass is 9.94. The van der Waals surface area contributed by atoms with Crippen LogP contribution in [0.2, 0.25) is 0 Å². The zero-order valence-electron chi connectivity index (χ0n) is 22.0. The van der Waals surface area contributed by atoms with E-state index >= 15 is 0 Å². The Balaban J connectivity index is 1.79. The fraction of sp³-hybridized carbons (Fsp3) is 0.207. The highest BCUT2D eigenvalue weighted by molar-refractivity contribution is 6.08. The lowest BCUT2D eigenvalue weighted by Crippen LogP contribution is -2.24. The maximum absolute atomic E-state index is 13.2. The van der Waals surface area contributed by atoms with E-state index in [-0.39, 0.29) is 28.6 Å². The van der Waals surface area contributed by atoms with E-state index in [4.69, 9.17) is 18.6 Å². The molecule has 0 radical (unpaired) electrons. The fourth-order valence-electron chi connectivity index (χ4n) is 4.18. The van der Waals surface area contributed by atoms with Gasteiger partial charge in [0.2, 0.25) is 5.75 Å². The molecule has 0 aliphatic rings. The number of carbonyl (C=O) groups excluding carboxylic acids is 2. The summed E-state index contributed by atoms with van der Waals surface area (Å²) in [6, 6.07) is 13.6. The molecule has 0 saturated carbocycles. The minimum atomic E-state index is -0.695. The first kappa shape index (κ1) is 26.3. The first-order valence-electron chi connectivity index (χ1n) is 11.8. The van der Waals surface area contributed by atoms with Gasteiger partial charge >= 0.3 is 17.6 Å². The van der Waals surface area contributed by atoms with Crippen LogP contribution in [0.15, 0.2) is 57.7 Å². The van der Waals surface area contributed by atoms with Gasteiger partial charge in [0.15, 0.2) is 11.5 Å². The monoisotopic (exact) mass is 516 g/mol.